The zero-order valence-corrected chi connectivity index (χ0v) is 14.7. The van der Waals surface area contributed by atoms with E-state index in [4.69, 9.17) is 0 Å². The summed E-state index contributed by atoms with van der Waals surface area (Å²) < 4.78 is 0. The smallest absolute Gasteiger partial charge is 0.270 e. The van der Waals surface area contributed by atoms with E-state index in [-0.39, 0.29) is 17.6 Å². The van der Waals surface area contributed by atoms with E-state index < -0.39 is 0 Å². The third kappa shape index (κ3) is 4.37. The van der Waals surface area contributed by atoms with E-state index in [1.807, 2.05) is 35.2 Å². The van der Waals surface area contributed by atoms with Crippen LogP contribution in [0.3, 0.4) is 0 Å². The predicted molar refractivity (Wildman–Crippen MR) is 98.2 cm³/mol. The third-order valence-corrected chi connectivity index (χ3v) is 4.40. The van der Waals surface area contributed by atoms with Gasteiger partial charge in [0.25, 0.3) is 5.91 Å². The molecule has 1 fully saturated rings. The molecule has 7 heteroatoms. The van der Waals surface area contributed by atoms with Gasteiger partial charge in [0, 0.05) is 43.6 Å². The van der Waals surface area contributed by atoms with E-state index in [1.54, 1.807) is 17.2 Å². The van der Waals surface area contributed by atoms with Crippen LogP contribution in [0, 0.1) is 0 Å². The Kier molecular flexibility index (Phi) is 5.48. The Hall–Kier alpha value is -2.93. The highest BCUT2D eigenvalue weighted by atomic mass is 16.2. The Bertz CT molecular complexity index is 792. The summed E-state index contributed by atoms with van der Waals surface area (Å²) in [5, 5.41) is 2.86. The van der Waals surface area contributed by atoms with Crippen LogP contribution in [-0.4, -0.2) is 65.1 Å². The number of rotatable bonds is 5. The number of nitrogens with one attached hydrogen (secondary N) is 2. The number of benzene rings is 1. The highest BCUT2D eigenvalue weighted by molar-refractivity contribution is 5.99. The van der Waals surface area contributed by atoms with Crippen molar-refractivity contribution in [3.63, 3.8) is 0 Å². The molecule has 2 heterocycles. The molecule has 0 bridgehead atoms. The van der Waals surface area contributed by atoms with Crippen molar-refractivity contribution >= 4 is 23.3 Å². The van der Waals surface area contributed by atoms with Gasteiger partial charge in [-0.3, -0.25) is 19.3 Å². The number of para-hydroxylation sites is 1. The second-order valence-electron chi connectivity index (χ2n) is 6.34. The number of piperazine rings is 1. The first kappa shape index (κ1) is 17.9. The SMILES string of the molecule is CC(=O)c1c[nH]c(C(=O)N2CCN(CC(=O)Nc3ccccc3)CC2)c1. The first-order chi connectivity index (χ1) is 12.5. The zero-order valence-electron chi connectivity index (χ0n) is 14.7. The van der Waals surface area contributed by atoms with E-state index in [0.29, 0.717) is 44.0 Å². The van der Waals surface area contributed by atoms with Crippen LogP contribution in [-0.2, 0) is 4.79 Å². The number of nitrogens with zero attached hydrogens (tertiary/aromatic N) is 2. The summed E-state index contributed by atoms with van der Waals surface area (Å²) in [7, 11) is 0. The standard InChI is InChI=1S/C19H22N4O3/c1-14(24)15-11-17(20-12-15)19(26)23-9-7-22(8-10-23)13-18(25)21-16-5-3-2-4-6-16/h2-6,11-12,20H,7-10,13H2,1H3,(H,21,25). The maximum Gasteiger partial charge on any atom is 0.270 e. The Morgan fingerprint density at radius 1 is 1.08 bits per heavy atom. The number of carbonyl (C=O) groups excluding carboxylic acids is 3. The first-order valence-electron chi connectivity index (χ1n) is 8.59. The lowest BCUT2D eigenvalue weighted by Crippen LogP contribution is -2.50. The molecule has 136 valence electrons. The minimum absolute atomic E-state index is 0.0635. The second kappa shape index (κ2) is 7.97. The van der Waals surface area contributed by atoms with Gasteiger partial charge in [-0.05, 0) is 25.1 Å². The molecule has 2 aromatic rings. The maximum absolute atomic E-state index is 12.5. The van der Waals surface area contributed by atoms with Crippen LogP contribution in [0.15, 0.2) is 42.6 Å². The van der Waals surface area contributed by atoms with Crippen LogP contribution in [0.2, 0.25) is 0 Å². The van der Waals surface area contributed by atoms with E-state index >= 15 is 0 Å². The fraction of sp³-hybridized carbons (Fsp3) is 0.316. The highest BCUT2D eigenvalue weighted by Crippen LogP contribution is 2.11. The van der Waals surface area contributed by atoms with Crippen LogP contribution in [0.25, 0.3) is 0 Å². The average Bonchev–Trinajstić information content (AvgIpc) is 3.13. The molecule has 0 unspecified atom stereocenters. The molecule has 3 rings (SSSR count). The predicted octanol–water partition coefficient (Wildman–Crippen LogP) is 1.61. The topological polar surface area (TPSA) is 85.5 Å². The monoisotopic (exact) mass is 354 g/mol. The van der Waals surface area contributed by atoms with Crippen molar-refractivity contribution in [2.75, 3.05) is 38.0 Å². The van der Waals surface area contributed by atoms with Crippen molar-refractivity contribution in [3.05, 3.63) is 53.9 Å². The van der Waals surface area contributed by atoms with Gasteiger partial charge in [0.15, 0.2) is 5.78 Å². The molecule has 0 spiro atoms. The van der Waals surface area contributed by atoms with Crippen LogP contribution < -0.4 is 5.32 Å². The summed E-state index contributed by atoms with van der Waals surface area (Å²) in [6.07, 6.45) is 1.56. The molecule has 1 aliphatic heterocycles. The lowest BCUT2D eigenvalue weighted by molar-refractivity contribution is -0.117. The number of H-pyrrole nitrogens is 1. The number of carbonyl (C=O) groups is 3. The molecule has 2 N–H and O–H groups in total. The molecule has 26 heavy (non-hydrogen) atoms. The summed E-state index contributed by atoms with van der Waals surface area (Å²) in [4.78, 5) is 42.6. The lowest BCUT2D eigenvalue weighted by Gasteiger charge is -2.34. The largest absolute Gasteiger partial charge is 0.356 e. The summed E-state index contributed by atoms with van der Waals surface area (Å²) in [6.45, 7) is 4.13. The molecule has 1 aromatic heterocycles. The van der Waals surface area contributed by atoms with Crippen LogP contribution in [0.1, 0.15) is 27.8 Å². The number of anilines is 1. The Balaban J connectivity index is 1.48. The number of hydrogen-bond acceptors (Lipinski definition) is 4. The van der Waals surface area contributed by atoms with Gasteiger partial charge in [-0.15, -0.1) is 0 Å². The summed E-state index contributed by atoms with van der Waals surface area (Å²) >= 11 is 0. The fourth-order valence-electron chi connectivity index (χ4n) is 2.93. The Labute approximate surface area is 152 Å². The minimum Gasteiger partial charge on any atom is -0.356 e. The van der Waals surface area contributed by atoms with E-state index in [0.717, 1.165) is 5.69 Å². The van der Waals surface area contributed by atoms with Crippen molar-refractivity contribution in [1.82, 2.24) is 14.8 Å². The van der Waals surface area contributed by atoms with Gasteiger partial charge < -0.3 is 15.2 Å². The highest BCUT2D eigenvalue weighted by Gasteiger charge is 2.24. The molecule has 1 aromatic carbocycles. The molecule has 7 nitrogen and oxygen atoms in total. The first-order valence-corrected chi connectivity index (χ1v) is 8.59. The van der Waals surface area contributed by atoms with Crippen molar-refractivity contribution in [1.29, 1.82) is 0 Å². The number of aromatic nitrogens is 1. The fourth-order valence-corrected chi connectivity index (χ4v) is 2.93. The second-order valence-corrected chi connectivity index (χ2v) is 6.34. The molecule has 1 aliphatic rings. The number of aromatic amines is 1. The summed E-state index contributed by atoms with van der Waals surface area (Å²) in [5.74, 6) is -0.258. The van der Waals surface area contributed by atoms with Crippen LogP contribution in [0.4, 0.5) is 5.69 Å². The third-order valence-electron chi connectivity index (χ3n) is 4.40. The Morgan fingerprint density at radius 3 is 2.38 bits per heavy atom. The van der Waals surface area contributed by atoms with Crippen molar-refractivity contribution in [2.24, 2.45) is 0 Å². The van der Waals surface area contributed by atoms with E-state index in [1.165, 1.54) is 6.92 Å². The number of amides is 2. The van der Waals surface area contributed by atoms with Gasteiger partial charge in [0.2, 0.25) is 5.91 Å². The molecule has 0 saturated carbocycles. The summed E-state index contributed by atoms with van der Waals surface area (Å²) in [5.41, 5.74) is 1.70. The number of hydrogen-bond donors (Lipinski definition) is 2. The normalized spacial score (nSPS) is 14.9. The van der Waals surface area contributed by atoms with Gasteiger partial charge in [0.1, 0.15) is 5.69 Å². The molecule has 2 amide bonds. The van der Waals surface area contributed by atoms with Crippen LogP contribution >= 0.6 is 0 Å². The molecule has 1 saturated heterocycles. The van der Waals surface area contributed by atoms with Crippen LogP contribution in [0.5, 0.6) is 0 Å². The quantitative estimate of drug-likeness (QED) is 0.799. The minimum atomic E-state index is -0.120. The average molecular weight is 354 g/mol. The van der Waals surface area contributed by atoms with Crippen molar-refractivity contribution < 1.29 is 14.4 Å². The molecule has 0 aliphatic carbocycles. The van der Waals surface area contributed by atoms with Gasteiger partial charge in [-0.1, -0.05) is 18.2 Å². The Morgan fingerprint density at radius 2 is 1.77 bits per heavy atom. The molecular formula is C19H22N4O3. The van der Waals surface area contributed by atoms with Gasteiger partial charge in [0.05, 0.1) is 6.54 Å². The maximum atomic E-state index is 12.5. The zero-order chi connectivity index (χ0) is 18.5. The molecular weight excluding hydrogens is 332 g/mol. The molecule has 0 atom stereocenters. The van der Waals surface area contributed by atoms with Crippen molar-refractivity contribution in [3.8, 4) is 0 Å². The number of ketones is 1. The van der Waals surface area contributed by atoms with E-state index in [2.05, 4.69) is 10.3 Å². The van der Waals surface area contributed by atoms with Crippen molar-refractivity contribution in [2.45, 2.75) is 6.92 Å². The number of Topliss-reactive ketones (excluding diaryl/α,β-unsaturated/α-hetero) is 1. The lowest BCUT2D eigenvalue weighted by atomic mass is 10.2. The van der Waals surface area contributed by atoms with E-state index in [9.17, 15) is 14.4 Å². The molecule has 0 radical (unpaired) electrons. The van der Waals surface area contributed by atoms with Gasteiger partial charge >= 0.3 is 0 Å². The summed E-state index contributed by atoms with van der Waals surface area (Å²) in [6, 6.07) is 10.9. The van der Waals surface area contributed by atoms with Gasteiger partial charge in [-0.25, -0.2) is 0 Å². The van der Waals surface area contributed by atoms with Gasteiger partial charge in [-0.2, -0.15) is 0 Å².